The third-order valence-corrected chi connectivity index (χ3v) is 7.51. The molecule has 2 aromatic rings. The second-order valence-corrected chi connectivity index (χ2v) is 10.3. The first-order valence-electron chi connectivity index (χ1n) is 12.2. The lowest BCUT2D eigenvalue weighted by Gasteiger charge is -2.30. The van der Waals surface area contributed by atoms with Crippen molar-refractivity contribution in [3.05, 3.63) is 64.0 Å². The maximum Gasteiger partial charge on any atom is 0.419 e. The van der Waals surface area contributed by atoms with Gasteiger partial charge >= 0.3 is 6.18 Å². The number of likely N-dealkylation sites (tertiary alicyclic amines) is 1. The zero-order chi connectivity index (χ0) is 26.8. The second-order valence-electron chi connectivity index (χ2n) is 10.3. The Morgan fingerprint density at radius 3 is 2.43 bits per heavy atom. The number of aliphatic hydroxyl groups is 1. The summed E-state index contributed by atoms with van der Waals surface area (Å²) in [4.78, 5) is 32.6. The van der Waals surface area contributed by atoms with Crippen molar-refractivity contribution in [2.75, 3.05) is 0 Å². The zero-order valence-corrected chi connectivity index (χ0v) is 20.1. The Kier molecular flexibility index (Phi) is 6.24. The summed E-state index contributed by atoms with van der Waals surface area (Å²) in [7, 11) is 0. The number of aromatic nitrogens is 1. The molecule has 0 radical (unpaired) electrons. The van der Waals surface area contributed by atoms with Crippen molar-refractivity contribution in [1.82, 2.24) is 15.2 Å². The number of amides is 2. The Morgan fingerprint density at radius 2 is 1.81 bits per heavy atom. The highest BCUT2D eigenvalue weighted by Crippen LogP contribution is 2.49. The van der Waals surface area contributed by atoms with E-state index in [9.17, 15) is 36.6 Å². The van der Waals surface area contributed by atoms with Gasteiger partial charge in [0.2, 0.25) is 5.91 Å². The third kappa shape index (κ3) is 4.81. The van der Waals surface area contributed by atoms with Crippen LogP contribution in [-0.2, 0) is 11.0 Å². The Bertz CT molecular complexity index is 1260. The van der Waals surface area contributed by atoms with Gasteiger partial charge in [-0.1, -0.05) is 0 Å². The number of nitrogens with one attached hydrogen (secondary N) is 1. The summed E-state index contributed by atoms with van der Waals surface area (Å²) in [6.45, 7) is 3.21. The number of rotatable bonds is 6. The fourth-order valence-corrected chi connectivity index (χ4v) is 5.36. The van der Waals surface area contributed by atoms with Crippen LogP contribution in [0.1, 0.15) is 77.5 Å². The van der Waals surface area contributed by atoms with E-state index in [1.807, 2.05) is 0 Å². The van der Waals surface area contributed by atoms with Crippen molar-refractivity contribution >= 4 is 11.8 Å². The molecule has 37 heavy (non-hydrogen) atoms. The molecule has 11 heteroatoms. The molecule has 3 aliphatic rings. The normalized spacial score (nSPS) is 24.4. The number of pyridine rings is 1. The SMILES string of the molecule is Cc1cc(C(=O)N2[C@@H](C(=O)N[C@@H](c3cc(F)c(C(F)(F)F)cc3F)C3CC3)CC3C[C@H]32)c(C(C)O)cn1. The van der Waals surface area contributed by atoms with Gasteiger partial charge in [-0.3, -0.25) is 14.6 Å². The highest BCUT2D eigenvalue weighted by molar-refractivity contribution is 6.00. The zero-order valence-electron chi connectivity index (χ0n) is 20.1. The Morgan fingerprint density at radius 1 is 1.11 bits per heavy atom. The number of hydrogen-bond donors (Lipinski definition) is 2. The van der Waals surface area contributed by atoms with Gasteiger partial charge in [0.15, 0.2) is 0 Å². The lowest BCUT2D eigenvalue weighted by Crippen LogP contribution is -2.49. The van der Waals surface area contributed by atoms with Crippen molar-refractivity contribution < 1.29 is 36.6 Å². The van der Waals surface area contributed by atoms with Crippen molar-refractivity contribution in [3.63, 3.8) is 0 Å². The van der Waals surface area contributed by atoms with E-state index >= 15 is 0 Å². The molecule has 5 rings (SSSR count). The number of alkyl halides is 3. The maximum atomic E-state index is 14.8. The molecule has 2 heterocycles. The van der Waals surface area contributed by atoms with Crippen LogP contribution in [0, 0.1) is 30.4 Å². The predicted molar refractivity (Wildman–Crippen MR) is 121 cm³/mol. The highest BCUT2D eigenvalue weighted by atomic mass is 19.4. The van der Waals surface area contributed by atoms with Crippen LogP contribution in [0.4, 0.5) is 22.0 Å². The number of aliphatic hydroxyl groups excluding tert-OH is 1. The number of piperidine rings is 1. The van der Waals surface area contributed by atoms with Crippen LogP contribution in [0.2, 0.25) is 0 Å². The number of halogens is 5. The average Bonchev–Trinajstić information content (AvgIpc) is 3.75. The number of fused-ring (bicyclic) bond motifs is 1. The van der Waals surface area contributed by atoms with E-state index in [1.54, 1.807) is 13.0 Å². The molecular weight excluding hydrogens is 497 g/mol. The van der Waals surface area contributed by atoms with Crippen molar-refractivity contribution in [1.29, 1.82) is 0 Å². The molecule has 3 fully saturated rings. The number of aryl methyl sites for hydroxylation is 1. The summed E-state index contributed by atoms with van der Waals surface area (Å²) in [6.07, 6.45) is -2.28. The minimum atomic E-state index is -5.05. The van der Waals surface area contributed by atoms with E-state index < -0.39 is 53.4 Å². The first-order valence-corrected chi connectivity index (χ1v) is 12.2. The first kappa shape index (κ1) is 25.6. The van der Waals surface area contributed by atoms with Gasteiger partial charge in [-0.05, 0) is 69.6 Å². The summed E-state index contributed by atoms with van der Waals surface area (Å²) in [5.74, 6) is -3.98. The first-order chi connectivity index (χ1) is 17.4. The molecule has 198 valence electrons. The van der Waals surface area contributed by atoms with E-state index in [-0.39, 0.29) is 35.1 Å². The van der Waals surface area contributed by atoms with Gasteiger partial charge in [0.25, 0.3) is 5.91 Å². The Labute approximate surface area is 209 Å². The van der Waals surface area contributed by atoms with Crippen LogP contribution < -0.4 is 5.32 Å². The van der Waals surface area contributed by atoms with Crippen LogP contribution in [-0.4, -0.2) is 38.9 Å². The summed E-state index contributed by atoms with van der Waals surface area (Å²) in [5, 5.41) is 12.9. The monoisotopic (exact) mass is 523 g/mol. The van der Waals surface area contributed by atoms with Gasteiger partial charge in [-0.15, -0.1) is 0 Å². The predicted octanol–water partition coefficient (Wildman–Crippen LogP) is 4.61. The van der Waals surface area contributed by atoms with Crippen molar-refractivity contribution in [2.24, 2.45) is 11.8 Å². The maximum absolute atomic E-state index is 14.8. The fraction of sp³-hybridized carbons (Fsp3) is 0.500. The molecule has 1 aromatic carbocycles. The van der Waals surface area contributed by atoms with Crippen LogP contribution in [0.3, 0.4) is 0 Å². The van der Waals surface area contributed by atoms with Crippen LogP contribution >= 0.6 is 0 Å². The highest BCUT2D eigenvalue weighted by Gasteiger charge is 2.56. The molecule has 5 atom stereocenters. The van der Waals surface area contributed by atoms with E-state index in [2.05, 4.69) is 10.3 Å². The number of benzene rings is 1. The largest absolute Gasteiger partial charge is 0.419 e. The minimum absolute atomic E-state index is 0.121. The Balaban J connectivity index is 1.42. The molecule has 2 amide bonds. The molecule has 1 saturated heterocycles. The number of hydrogen-bond acceptors (Lipinski definition) is 4. The van der Waals surface area contributed by atoms with E-state index in [4.69, 9.17) is 0 Å². The summed E-state index contributed by atoms with van der Waals surface area (Å²) >= 11 is 0. The van der Waals surface area contributed by atoms with Crippen LogP contribution in [0.15, 0.2) is 24.4 Å². The van der Waals surface area contributed by atoms with Gasteiger partial charge in [0, 0.05) is 34.6 Å². The van der Waals surface area contributed by atoms with E-state index in [0.29, 0.717) is 36.6 Å². The Hall–Kier alpha value is -3.08. The standard InChI is InChI=1S/C26H26F5N3O3/c1-11-5-15(17(10-32-11)12(2)35)25(37)34-21-6-14(21)7-22(34)24(36)33-23(13-3-4-13)16-8-20(28)18(9-19(16)27)26(29,30)31/h5,8-10,12-14,21-23,35H,3-4,6-7H2,1-2H3,(H,33,36)/t12?,14?,21-,22-,23-/m1/s1. The summed E-state index contributed by atoms with van der Waals surface area (Å²) in [6, 6.07) is 0.131. The minimum Gasteiger partial charge on any atom is -0.389 e. The number of carbonyl (C=O) groups excluding carboxylic acids is 2. The molecular formula is C26H26F5N3O3. The lowest BCUT2D eigenvalue weighted by atomic mass is 9.98. The number of carbonyl (C=O) groups is 2. The van der Waals surface area contributed by atoms with Gasteiger partial charge in [0.05, 0.1) is 17.7 Å². The van der Waals surface area contributed by atoms with Crippen LogP contribution in [0.25, 0.3) is 0 Å². The van der Waals surface area contributed by atoms with E-state index in [1.165, 1.54) is 18.0 Å². The molecule has 0 bridgehead atoms. The van der Waals surface area contributed by atoms with Crippen LogP contribution in [0.5, 0.6) is 0 Å². The molecule has 2 saturated carbocycles. The third-order valence-electron chi connectivity index (χ3n) is 7.51. The summed E-state index contributed by atoms with van der Waals surface area (Å²) < 4.78 is 68.1. The van der Waals surface area contributed by atoms with Crippen molar-refractivity contribution in [2.45, 2.75) is 69.9 Å². The average molecular weight is 524 g/mol. The molecule has 2 aliphatic carbocycles. The molecule has 1 aromatic heterocycles. The quantitative estimate of drug-likeness (QED) is 0.542. The van der Waals surface area contributed by atoms with Gasteiger partial charge in [0.1, 0.15) is 17.7 Å². The van der Waals surface area contributed by atoms with Crippen molar-refractivity contribution in [3.8, 4) is 0 Å². The molecule has 2 unspecified atom stereocenters. The van der Waals surface area contributed by atoms with E-state index in [0.717, 1.165) is 6.42 Å². The number of nitrogens with zero attached hydrogens (tertiary/aromatic N) is 2. The van der Waals surface area contributed by atoms with Gasteiger partial charge in [-0.25, -0.2) is 8.78 Å². The smallest absolute Gasteiger partial charge is 0.389 e. The summed E-state index contributed by atoms with van der Waals surface area (Å²) in [5.41, 5.74) is -0.916. The molecule has 1 aliphatic heterocycles. The molecule has 6 nitrogen and oxygen atoms in total. The lowest BCUT2D eigenvalue weighted by molar-refractivity contribution is -0.140. The van der Waals surface area contributed by atoms with Gasteiger partial charge < -0.3 is 15.3 Å². The molecule has 2 N–H and O–H groups in total. The fourth-order valence-electron chi connectivity index (χ4n) is 5.36. The second kappa shape index (κ2) is 9.04. The topological polar surface area (TPSA) is 82.5 Å². The van der Waals surface area contributed by atoms with Gasteiger partial charge in [-0.2, -0.15) is 13.2 Å². The molecule has 0 spiro atoms.